The number of rotatable bonds is 6. The molecule has 0 spiro atoms. The molecule has 0 saturated heterocycles. The van der Waals surface area contributed by atoms with Gasteiger partial charge in [-0.25, -0.2) is 0 Å². The third kappa shape index (κ3) is 4.25. The molecular formula is C16H24N2O3. The fraction of sp³-hybridized carbons (Fsp3) is 0.625. The molecule has 1 unspecified atom stereocenters. The van der Waals surface area contributed by atoms with Crippen LogP contribution in [0.15, 0.2) is 24.3 Å². The number of nitro benzene ring substituents is 1. The van der Waals surface area contributed by atoms with Gasteiger partial charge in [0, 0.05) is 24.7 Å². The maximum atomic E-state index is 10.9. The number of non-ortho nitro benzene ring substituents is 1. The van der Waals surface area contributed by atoms with Gasteiger partial charge in [0.25, 0.3) is 5.69 Å². The Balaban J connectivity index is 2.02. The fourth-order valence-electron chi connectivity index (χ4n) is 3.05. The molecule has 116 valence electrons. The molecule has 2 N–H and O–H groups in total. The Morgan fingerprint density at radius 1 is 1.38 bits per heavy atom. The summed E-state index contributed by atoms with van der Waals surface area (Å²) >= 11 is 0. The second-order valence-electron chi connectivity index (χ2n) is 5.98. The lowest BCUT2D eigenvalue weighted by molar-refractivity contribution is -0.384. The van der Waals surface area contributed by atoms with Gasteiger partial charge in [-0.15, -0.1) is 0 Å². The normalized spacial score (nSPS) is 19.1. The van der Waals surface area contributed by atoms with Crippen molar-refractivity contribution in [2.24, 2.45) is 0 Å². The molecule has 0 amide bonds. The van der Waals surface area contributed by atoms with E-state index in [2.05, 4.69) is 5.32 Å². The Kier molecular flexibility index (Phi) is 5.31. The minimum absolute atomic E-state index is 0.0378. The maximum Gasteiger partial charge on any atom is 0.269 e. The summed E-state index contributed by atoms with van der Waals surface area (Å²) in [5, 5.41) is 24.8. The van der Waals surface area contributed by atoms with Crippen LogP contribution in [0.5, 0.6) is 0 Å². The predicted octanol–water partition coefficient (Wildman–Crippen LogP) is 3.33. The highest BCUT2D eigenvalue weighted by Crippen LogP contribution is 2.29. The summed E-state index contributed by atoms with van der Waals surface area (Å²) in [4.78, 5) is 10.5. The van der Waals surface area contributed by atoms with Crippen LogP contribution in [0.4, 0.5) is 5.69 Å². The van der Waals surface area contributed by atoms with Gasteiger partial charge in [-0.05, 0) is 24.8 Å². The highest BCUT2D eigenvalue weighted by Gasteiger charge is 2.29. The summed E-state index contributed by atoms with van der Waals surface area (Å²) in [6, 6.07) is 6.78. The van der Waals surface area contributed by atoms with Crippen LogP contribution in [0.2, 0.25) is 0 Å². The monoisotopic (exact) mass is 292 g/mol. The zero-order valence-corrected chi connectivity index (χ0v) is 12.5. The first-order valence-corrected chi connectivity index (χ1v) is 7.74. The van der Waals surface area contributed by atoms with Gasteiger partial charge in [-0.3, -0.25) is 10.1 Å². The molecule has 1 aliphatic rings. The molecular weight excluding hydrogens is 268 g/mol. The summed E-state index contributed by atoms with van der Waals surface area (Å²) in [6.45, 7) is 2.59. The highest BCUT2D eigenvalue weighted by molar-refractivity contribution is 5.35. The Hall–Kier alpha value is -1.46. The first-order valence-electron chi connectivity index (χ1n) is 7.74. The van der Waals surface area contributed by atoms with Gasteiger partial charge >= 0.3 is 0 Å². The van der Waals surface area contributed by atoms with E-state index in [1.807, 2.05) is 13.0 Å². The molecule has 5 heteroatoms. The molecule has 1 atom stereocenters. The number of nitro groups is 1. The van der Waals surface area contributed by atoms with Crippen LogP contribution in [0.3, 0.4) is 0 Å². The van der Waals surface area contributed by atoms with Crippen LogP contribution in [0.25, 0.3) is 0 Å². The van der Waals surface area contributed by atoms with Crippen molar-refractivity contribution in [3.8, 4) is 0 Å². The van der Waals surface area contributed by atoms with Crippen molar-refractivity contribution in [2.75, 3.05) is 6.54 Å². The molecule has 5 nitrogen and oxygen atoms in total. The number of nitrogens with one attached hydrogen (secondary N) is 1. The van der Waals surface area contributed by atoms with E-state index in [9.17, 15) is 15.2 Å². The average Bonchev–Trinajstić information content (AvgIpc) is 2.49. The van der Waals surface area contributed by atoms with Gasteiger partial charge < -0.3 is 10.4 Å². The number of hydrogen-bond donors (Lipinski definition) is 2. The van der Waals surface area contributed by atoms with Crippen LogP contribution in [-0.2, 0) is 0 Å². The lowest BCUT2D eigenvalue weighted by Crippen LogP contribution is -2.43. The van der Waals surface area contributed by atoms with Crippen molar-refractivity contribution in [3.63, 3.8) is 0 Å². The van der Waals surface area contributed by atoms with Gasteiger partial charge in [-0.2, -0.15) is 0 Å². The smallest absolute Gasteiger partial charge is 0.269 e. The van der Waals surface area contributed by atoms with Gasteiger partial charge in [0.15, 0.2) is 0 Å². The van der Waals surface area contributed by atoms with Crippen LogP contribution >= 0.6 is 0 Å². The Morgan fingerprint density at radius 2 is 2.10 bits per heavy atom. The molecule has 1 aliphatic carbocycles. The van der Waals surface area contributed by atoms with E-state index in [4.69, 9.17) is 0 Å². The Morgan fingerprint density at radius 3 is 2.71 bits per heavy atom. The fourth-order valence-corrected chi connectivity index (χ4v) is 3.05. The van der Waals surface area contributed by atoms with E-state index in [-0.39, 0.29) is 16.7 Å². The second-order valence-corrected chi connectivity index (χ2v) is 5.98. The largest absolute Gasteiger partial charge is 0.389 e. The number of aliphatic hydroxyl groups is 1. The molecule has 1 saturated carbocycles. The lowest BCUT2D eigenvalue weighted by Gasteiger charge is -2.34. The standard InChI is InChI=1S/C16H24N2O3/c1-2-15(13-7-6-8-14(11-13)18(20)21)17-12-16(19)9-4-3-5-10-16/h6-8,11,15,17,19H,2-5,9-10,12H2,1H3. The molecule has 0 bridgehead atoms. The van der Waals surface area contributed by atoms with E-state index in [1.54, 1.807) is 12.1 Å². The third-order valence-electron chi connectivity index (χ3n) is 4.35. The number of hydrogen-bond acceptors (Lipinski definition) is 4. The van der Waals surface area contributed by atoms with Crippen molar-refractivity contribution < 1.29 is 10.0 Å². The number of nitrogens with zero attached hydrogens (tertiary/aromatic N) is 1. The summed E-state index contributed by atoms with van der Waals surface area (Å²) in [5.41, 5.74) is 0.405. The summed E-state index contributed by atoms with van der Waals surface area (Å²) < 4.78 is 0. The van der Waals surface area contributed by atoms with Crippen LogP contribution in [0, 0.1) is 10.1 Å². The van der Waals surface area contributed by atoms with Crippen LogP contribution < -0.4 is 5.32 Å². The molecule has 0 heterocycles. The van der Waals surface area contributed by atoms with Crippen molar-refractivity contribution in [1.82, 2.24) is 5.32 Å². The lowest BCUT2D eigenvalue weighted by atomic mass is 9.84. The Bertz CT molecular complexity index is 484. The molecule has 1 fully saturated rings. The van der Waals surface area contributed by atoms with Crippen LogP contribution in [-0.4, -0.2) is 22.2 Å². The van der Waals surface area contributed by atoms with E-state index in [1.165, 1.54) is 12.5 Å². The van der Waals surface area contributed by atoms with Crippen molar-refractivity contribution in [1.29, 1.82) is 0 Å². The highest BCUT2D eigenvalue weighted by atomic mass is 16.6. The number of benzene rings is 1. The molecule has 0 radical (unpaired) electrons. The average molecular weight is 292 g/mol. The summed E-state index contributed by atoms with van der Waals surface area (Å²) in [7, 11) is 0. The SMILES string of the molecule is CCC(NCC1(O)CCCCC1)c1cccc([N+](=O)[O-])c1. The van der Waals surface area contributed by atoms with E-state index in [0.29, 0.717) is 6.54 Å². The van der Waals surface area contributed by atoms with Crippen molar-refractivity contribution >= 4 is 5.69 Å². The van der Waals surface area contributed by atoms with Crippen molar-refractivity contribution in [3.05, 3.63) is 39.9 Å². The predicted molar refractivity (Wildman–Crippen MR) is 82.2 cm³/mol. The molecule has 1 aromatic rings. The maximum absolute atomic E-state index is 10.9. The molecule has 2 rings (SSSR count). The van der Waals surface area contributed by atoms with E-state index in [0.717, 1.165) is 37.7 Å². The van der Waals surface area contributed by atoms with Crippen LogP contribution in [0.1, 0.15) is 57.1 Å². The van der Waals surface area contributed by atoms with E-state index >= 15 is 0 Å². The van der Waals surface area contributed by atoms with E-state index < -0.39 is 5.60 Å². The third-order valence-corrected chi connectivity index (χ3v) is 4.35. The van der Waals surface area contributed by atoms with Gasteiger partial charge in [0.2, 0.25) is 0 Å². The minimum atomic E-state index is -0.619. The zero-order chi connectivity index (χ0) is 15.3. The second kappa shape index (κ2) is 7.00. The molecule has 1 aromatic carbocycles. The Labute approximate surface area is 125 Å². The van der Waals surface area contributed by atoms with Gasteiger partial charge in [-0.1, -0.05) is 38.3 Å². The van der Waals surface area contributed by atoms with Gasteiger partial charge in [0.1, 0.15) is 0 Å². The first kappa shape index (κ1) is 15.9. The molecule has 0 aliphatic heterocycles. The molecule has 21 heavy (non-hydrogen) atoms. The van der Waals surface area contributed by atoms with Crippen molar-refractivity contribution in [2.45, 2.75) is 57.1 Å². The van der Waals surface area contributed by atoms with Gasteiger partial charge in [0.05, 0.1) is 10.5 Å². The zero-order valence-electron chi connectivity index (χ0n) is 12.5. The summed E-state index contributed by atoms with van der Waals surface area (Å²) in [5.74, 6) is 0. The minimum Gasteiger partial charge on any atom is -0.389 e. The summed E-state index contributed by atoms with van der Waals surface area (Å²) in [6.07, 6.45) is 5.86. The topological polar surface area (TPSA) is 75.4 Å². The quantitative estimate of drug-likeness (QED) is 0.623. The molecule has 0 aromatic heterocycles. The first-order chi connectivity index (χ1) is 10.0.